The molecule has 4 aromatic rings. The molecule has 1 aliphatic heterocycles. The van der Waals surface area contributed by atoms with Gasteiger partial charge in [0.25, 0.3) is 5.56 Å². The predicted molar refractivity (Wildman–Crippen MR) is 110 cm³/mol. The van der Waals surface area contributed by atoms with Crippen LogP contribution in [0.5, 0.6) is 0 Å². The van der Waals surface area contributed by atoms with Crippen molar-refractivity contribution in [3.8, 4) is 22.7 Å². The first kappa shape index (κ1) is 17.6. The van der Waals surface area contributed by atoms with Gasteiger partial charge in [-0.05, 0) is 6.42 Å². The van der Waals surface area contributed by atoms with Gasteiger partial charge in [-0.3, -0.25) is 9.69 Å². The number of hydrogen-bond acceptors (Lipinski definition) is 5. The first-order chi connectivity index (χ1) is 14.3. The second-order valence-electron chi connectivity index (χ2n) is 7.21. The molecule has 0 atom stereocenters. The summed E-state index contributed by atoms with van der Waals surface area (Å²) in [4.78, 5) is 22.5. The summed E-state index contributed by atoms with van der Waals surface area (Å²) in [5.41, 5.74) is 4.38. The third-order valence-corrected chi connectivity index (χ3v) is 5.20. The number of nitrogens with zero attached hydrogens (tertiary/aromatic N) is 3. The molecule has 0 aliphatic carbocycles. The van der Waals surface area contributed by atoms with Gasteiger partial charge in [-0.15, -0.1) is 0 Å². The van der Waals surface area contributed by atoms with Crippen molar-refractivity contribution in [3.63, 3.8) is 0 Å². The zero-order valence-electron chi connectivity index (χ0n) is 15.8. The van der Waals surface area contributed by atoms with Gasteiger partial charge in [0, 0.05) is 42.4 Å². The fourth-order valence-electron chi connectivity index (χ4n) is 3.72. The van der Waals surface area contributed by atoms with Gasteiger partial charge >= 0.3 is 0 Å². The molecular formula is C23H20N4O2. The summed E-state index contributed by atoms with van der Waals surface area (Å²) in [7, 11) is 0. The Hall–Kier alpha value is -3.51. The topological polar surface area (TPSA) is 75.0 Å². The Labute approximate surface area is 167 Å². The monoisotopic (exact) mass is 384 g/mol. The SMILES string of the molecule is O=c1[nH]c(-c2ccccc2)nc2c1CCN(Cc1cc(-c3ccccc3)on1)C2. The lowest BCUT2D eigenvalue weighted by atomic mass is 10.1. The molecule has 0 saturated heterocycles. The number of aromatic amines is 1. The quantitative estimate of drug-likeness (QED) is 0.581. The summed E-state index contributed by atoms with van der Waals surface area (Å²) in [6.45, 7) is 2.06. The summed E-state index contributed by atoms with van der Waals surface area (Å²) in [5.74, 6) is 1.38. The molecule has 2 aromatic heterocycles. The molecule has 1 N–H and O–H groups in total. The average Bonchev–Trinajstić information content (AvgIpc) is 3.23. The molecule has 3 heterocycles. The number of hydrogen-bond donors (Lipinski definition) is 1. The number of aromatic nitrogens is 3. The van der Waals surface area contributed by atoms with Crippen LogP contribution in [0.15, 0.2) is 76.0 Å². The smallest absolute Gasteiger partial charge is 0.254 e. The molecule has 0 unspecified atom stereocenters. The molecule has 0 radical (unpaired) electrons. The van der Waals surface area contributed by atoms with E-state index in [0.717, 1.165) is 40.4 Å². The zero-order valence-corrected chi connectivity index (χ0v) is 15.8. The molecule has 0 spiro atoms. The molecule has 0 amide bonds. The molecule has 2 aromatic carbocycles. The molecule has 5 rings (SSSR count). The molecule has 1 aliphatic rings. The van der Waals surface area contributed by atoms with Crippen LogP contribution >= 0.6 is 0 Å². The van der Waals surface area contributed by atoms with E-state index in [0.29, 0.717) is 25.3 Å². The van der Waals surface area contributed by atoms with Gasteiger partial charge in [-0.1, -0.05) is 65.8 Å². The highest BCUT2D eigenvalue weighted by atomic mass is 16.5. The van der Waals surface area contributed by atoms with Crippen molar-refractivity contribution in [2.24, 2.45) is 0 Å². The highest BCUT2D eigenvalue weighted by molar-refractivity contribution is 5.57. The van der Waals surface area contributed by atoms with Gasteiger partial charge in [0.1, 0.15) is 5.82 Å². The second kappa shape index (κ2) is 7.48. The number of nitrogens with one attached hydrogen (secondary N) is 1. The molecule has 0 saturated carbocycles. The van der Waals surface area contributed by atoms with Crippen LogP contribution in [-0.4, -0.2) is 26.6 Å². The molecule has 144 valence electrons. The van der Waals surface area contributed by atoms with Gasteiger partial charge < -0.3 is 9.51 Å². The lowest BCUT2D eigenvalue weighted by Crippen LogP contribution is -2.35. The van der Waals surface area contributed by atoms with E-state index >= 15 is 0 Å². The molecule has 6 heteroatoms. The Morgan fingerprint density at radius 2 is 1.72 bits per heavy atom. The summed E-state index contributed by atoms with van der Waals surface area (Å²) < 4.78 is 5.51. The van der Waals surface area contributed by atoms with E-state index in [1.807, 2.05) is 66.7 Å². The van der Waals surface area contributed by atoms with Gasteiger partial charge in [-0.25, -0.2) is 4.98 Å². The Morgan fingerprint density at radius 1 is 1.00 bits per heavy atom. The number of fused-ring (bicyclic) bond motifs is 1. The third kappa shape index (κ3) is 3.62. The summed E-state index contributed by atoms with van der Waals surface area (Å²) >= 11 is 0. The first-order valence-electron chi connectivity index (χ1n) is 9.67. The first-order valence-corrected chi connectivity index (χ1v) is 9.67. The van der Waals surface area contributed by atoms with Crippen LogP contribution in [-0.2, 0) is 19.5 Å². The lowest BCUT2D eigenvalue weighted by Gasteiger charge is -2.26. The van der Waals surface area contributed by atoms with Gasteiger partial charge in [0.05, 0.1) is 11.4 Å². The number of H-pyrrole nitrogens is 1. The van der Waals surface area contributed by atoms with Crippen molar-refractivity contribution in [1.82, 2.24) is 20.0 Å². The van der Waals surface area contributed by atoms with Gasteiger partial charge in [0.2, 0.25) is 0 Å². The third-order valence-electron chi connectivity index (χ3n) is 5.20. The predicted octanol–water partition coefficient (Wildman–Crippen LogP) is 3.65. The van der Waals surface area contributed by atoms with Crippen molar-refractivity contribution < 1.29 is 4.52 Å². The minimum atomic E-state index is -0.0405. The minimum absolute atomic E-state index is 0.0405. The van der Waals surface area contributed by atoms with E-state index < -0.39 is 0 Å². The maximum absolute atomic E-state index is 12.5. The largest absolute Gasteiger partial charge is 0.356 e. The van der Waals surface area contributed by atoms with Crippen LogP contribution in [0.3, 0.4) is 0 Å². The van der Waals surface area contributed by atoms with Crippen LogP contribution in [0.2, 0.25) is 0 Å². The Bertz CT molecular complexity index is 1180. The van der Waals surface area contributed by atoms with Gasteiger partial charge in [0.15, 0.2) is 5.76 Å². The molecule has 29 heavy (non-hydrogen) atoms. The number of benzene rings is 2. The highest BCUT2D eigenvalue weighted by Gasteiger charge is 2.22. The van der Waals surface area contributed by atoms with E-state index in [-0.39, 0.29) is 5.56 Å². The van der Waals surface area contributed by atoms with Crippen molar-refractivity contribution in [3.05, 3.63) is 94.0 Å². The molecular weight excluding hydrogens is 364 g/mol. The Balaban J connectivity index is 1.36. The second-order valence-corrected chi connectivity index (χ2v) is 7.21. The average molecular weight is 384 g/mol. The van der Waals surface area contributed by atoms with Crippen LogP contribution in [0.25, 0.3) is 22.7 Å². The maximum atomic E-state index is 12.5. The standard InChI is InChI=1S/C23H20N4O2/c28-23-19-11-12-27(14-18-13-21(29-26-18)16-7-3-1-4-8-16)15-20(19)24-22(25-23)17-9-5-2-6-10-17/h1-10,13H,11-12,14-15H2,(H,24,25,28). The molecule has 0 fully saturated rings. The fraction of sp³-hybridized carbons (Fsp3) is 0.174. The van der Waals surface area contributed by atoms with E-state index in [9.17, 15) is 4.79 Å². The van der Waals surface area contributed by atoms with Crippen LogP contribution in [0.4, 0.5) is 0 Å². The summed E-state index contributed by atoms with van der Waals surface area (Å²) in [6.07, 6.45) is 0.677. The summed E-state index contributed by atoms with van der Waals surface area (Å²) in [6, 6.07) is 21.6. The normalized spacial score (nSPS) is 13.9. The van der Waals surface area contributed by atoms with Crippen molar-refractivity contribution in [1.29, 1.82) is 0 Å². The molecule has 6 nitrogen and oxygen atoms in total. The van der Waals surface area contributed by atoms with Gasteiger partial charge in [-0.2, -0.15) is 0 Å². The highest BCUT2D eigenvalue weighted by Crippen LogP contribution is 2.23. The maximum Gasteiger partial charge on any atom is 0.254 e. The van der Waals surface area contributed by atoms with Crippen molar-refractivity contribution in [2.45, 2.75) is 19.5 Å². The number of rotatable bonds is 4. The van der Waals surface area contributed by atoms with Crippen molar-refractivity contribution in [2.75, 3.05) is 6.54 Å². The van der Waals surface area contributed by atoms with Crippen LogP contribution in [0.1, 0.15) is 17.0 Å². The Kier molecular flexibility index (Phi) is 4.54. The van der Waals surface area contributed by atoms with E-state index in [4.69, 9.17) is 9.51 Å². The van der Waals surface area contributed by atoms with E-state index in [1.165, 1.54) is 0 Å². The van der Waals surface area contributed by atoms with E-state index in [1.54, 1.807) is 0 Å². The van der Waals surface area contributed by atoms with Crippen molar-refractivity contribution >= 4 is 0 Å². The minimum Gasteiger partial charge on any atom is -0.356 e. The zero-order chi connectivity index (χ0) is 19.6. The lowest BCUT2D eigenvalue weighted by molar-refractivity contribution is 0.233. The Morgan fingerprint density at radius 3 is 2.48 bits per heavy atom. The fourth-order valence-corrected chi connectivity index (χ4v) is 3.72. The summed E-state index contributed by atoms with van der Waals surface area (Å²) in [5, 5.41) is 4.22. The molecule has 0 bridgehead atoms. The van der Waals surface area contributed by atoms with Crippen LogP contribution in [0, 0.1) is 0 Å². The van der Waals surface area contributed by atoms with E-state index in [2.05, 4.69) is 15.0 Å². The van der Waals surface area contributed by atoms with Crippen LogP contribution < -0.4 is 5.56 Å².